The van der Waals surface area contributed by atoms with Gasteiger partial charge in [0.2, 0.25) is 0 Å². The van der Waals surface area contributed by atoms with Gasteiger partial charge in [0.15, 0.2) is 5.78 Å². The molecule has 0 saturated heterocycles. The van der Waals surface area contributed by atoms with Crippen LogP contribution in [0, 0.1) is 6.92 Å². The summed E-state index contributed by atoms with van der Waals surface area (Å²) in [5.41, 5.74) is -2.74. The van der Waals surface area contributed by atoms with Crippen LogP contribution in [0.3, 0.4) is 0 Å². The van der Waals surface area contributed by atoms with Crippen LogP contribution in [0.15, 0.2) is 48.5 Å². The molecule has 0 fully saturated rings. The first-order valence-electron chi connectivity index (χ1n) is 7.83. The Hall–Kier alpha value is -1.84. The van der Waals surface area contributed by atoms with Gasteiger partial charge in [0.05, 0.1) is 5.25 Å². The number of hydrogen-bond donors (Lipinski definition) is 0. The summed E-state index contributed by atoms with van der Waals surface area (Å²) in [7, 11) is -5.72. The number of hydrogen-bond acceptors (Lipinski definition) is 5. The Morgan fingerprint density at radius 1 is 1.11 bits per heavy atom. The number of ketones is 1. The van der Waals surface area contributed by atoms with Crippen molar-refractivity contribution in [1.82, 2.24) is 0 Å². The number of benzene rings is 2. The number of Topliss-reactive ketones (excluding diaryl/α,β-unsaturated/α-hetero) is 1. The summed E-state index contributed by atoms with van der Waals surface area (Å²) in [6, 6.07) is 13.5. The van der Waals surface area contributed by atoms with Crippen molar-refractivity contribution >= 4 is 27.9 Å². The summed E-state index contributed by atoms with van der Waals surface area (Å²) in [5.74, 6) is -0.152. The van der Waals surface area contributed by atoms with E-state index in [1.165, 1.54) is 6.92 Å². The van der Waals surface area contributed by atoms with Crippen molar-refractivity contribution in [3.63, 3.8) is 0 Å². The van der Waals surface area contributed by atoms with E-state index in [9.17, 15) is 26.4 Å². The van der Waals surface area contributed by atoms with Gasteiger partial charge in [-0.3, -0.25) is 4.79 Å². The van der Waals surface area contributed by atoms with E-state index in [2.05, 4.69) is 3.63 Å². The third kappa shape index (κ3) is 5.57. The van der Waals surface area contributed by atoms with Crippen molar-refractivity contribution < 1.29 is 30.0 Å². The molecule has 1 unspecified atom stereocenters. The predicted octanol–water partition coefficient (Wildman–Crippen LogP) is 5.00. The number of halogens is 3. The second-order valence-corrected chi connectivity index (χ2v) is 8.54. The molecule has 0 spiro atoms. The number of rotatable bonds is 7. The quantitative estimate of drug-likeness (QED) is 0.360. The van der Waals surface area contributed by atoms with Crippen LogP contribution in [0.4, 0.5) is 13.2 Å². The Balaban J connectivity index is 2.30. The average Bonchev–Trinajstić information content (AvgIpc) is 2.59. The van der Waals surface area contributed by atoms with Gasteiger partial charge >= 0.3 is 15.6 Å². The summed E-state index contributed by atoms with van der Waals surface area (Å²) >= 11 is 0.233. The molecule has 2 aromatic rings. The zero-order valence-electron chi connectivity index (χ0n) is 14.5. The monoisotopic (exact) mass is 418 g/mol. The molecule has 0 saturated carbocycles. The third-order valence-electron chi connectivity index (χ3n) is 3.88. The minimum atomic E-state index is -5.72. The highest BCUT2D eigenvalue weighted by Gasteiger charge is 2.48. The zero-order chi connectivity index (χ0) is 20.2. The molecule has 0 heterocycles. The van der Waals surface area contributed by atoms with Crippen molar-refractivity contribution in [3.8, 4) is 0 Å². The van der Waals surface area contributed by atoms with Crippen LogP contribution >= 0.6 is 12.0 Å². The molecule has 0 radical (unpaired) electrons. The highest BCUT2D eigenvalue weighted by Crippen LogP contribution is 2.38. The third-order valence-corrected chi connectivity index (χ3v) is 6.15. The van der Waals surface area contributed by atoms with E-state index in [0.717, 1.165) is 11.1 Å². The molecule has 2 rings (SSSR count). The Morgan fingerprint density at radius 3 is 2.22 bits per heavy atom. The molecule has 0 aliphatic rings. The van der Waals surface area contributed by atoms with Crippen LogP contribution < -0.4 is 0 Å². The van der Waals surface area contributed by atoms with Gasteiger partial charge in [0.25, 0.3) is 0 Å². The number of alkyl halides is 3. The van der Waals surface area contributed by atoms with Gasteiger partial charge in [0.1, 0.15) is 0 Å². The fraction of sp³-hybridized carbons (Fsp3) is 0.278. The van der Waals surface area contributed by atoms with E-state index in [0.29, 0.717) is 11.1 Å². The molecule has 27 heavy (non-hydrogen) atoms. The Kier molecular flexibility index (Phi) is 6.72. The van der Waals surface area contributed by atoms with Gasteiger partial charge < -0.3 is 0 Å². The Morgan fingerprint density at radius 2 is 1.70 bits per heavy atom. The Bertz CT molecular complexity index is 907. The number of carbonyl (C=O) groups is 1. The highest BCUT2D eigenvalue weighted by molar-refractivity contribution is 8.04. The van der Waals surface area contributed by atoms with Crippen LogP contribution in [0.25, 0.3) is 0 Å². The molecule has 1 atom stereocenters. The fourth-order valence-electron chi connectivity index (χ4n) is 2.32. The van der Waals surface area contributed by atoms with Gasteiger partial charge in [-0.15, -0.1) is 0 Å². The predicted molar refractivity (Wildman–Crippen MR) is 97.7 cm³/mol. The van der Waals surface area contributed by atoms with Gasteiger partial charge in [-0.2, -0.15) is 25.2 Å². The van der Waals surface area contributed by atoms with Crippen molar-refractivity contribution in [2.75, 3.05) is 0 Å². The number of aryl methyl sites for hydroxylation is 1. The molecule has 4 nitrogen and oxygen atoms in total. The lowest BCUT2D eigenvalue weighted by molar-refractivity contribution is -0.0494. The average molecular weight is 418 g/mol. The lowest BCUT2D eigenvalue weighted by atomic mass is 9.99. The second kappa shape index (κ2) is 8.45. The molecule has 0 aliphatic heterocycles. The van der Waals surface area contributed by atoms with Crippen LogP contribution in [-0.4, -0.2) is 19.7 Å². The molecule has 0 amide bonds. The van der Waals surface area contributed by atoms with Crippen LogP contribution in [0.1, 0.15) is 39.2 Å². The number of carbonyl (C=O) groups excluding carboxylic acids is 1. The largest absolute Gasteiger partial charge is 0.524 e. The molecule has 2 aromatic carbocycles. The van der Waals surface area contributed by atoms with E-state index < -0.39 is 20.9 Å². The minimum Gasteiger partial charge on any atom is -0.295 e. The minimum absolute atomic E-state index is 0.152. The van der Waals surface area contributed by atoms with E-state index in [1.807, 2.05) is 25.1 Å². The highest BCUT2D eigenvalue weighted by atomic mass is 32.3. The molecular formula is C18H17F3O4S2. The van der Waals surface area contributed by atoms with Crippen LogP contribution in [0.2, 0.25) is 0 Å². The first-order valence-corrected chi connectivity index (χ1v) is 10.0. The lowest BCUT2D eigenvalue weighted by Gasteiger charge is -2.18. The molecule has 146 valence electrons. The normalized spacial score (nSPS) is 13.4. The maximum absolute atomic E-state index is 12.6. The van der Waals surface area contributed by atoms with Crippen molar-refractivity contribution in [2.45, 2.75) is 31.0 Å². The van der Waals surface area contributed by atoms with Crippen LogP contribution in [-0.2, 0) is 20.2 Å². The zero-order valence-corrected chi connectivity index (χ0v) is 16.1. The van der Waals surface area contributed by atoms with Crippen molar-refractivity contribution in [3.05, 3.63) is 70.8 Å². The van der Waals surface area contributed by atoms with E-state index in [4.69, 9.17) is 0 Å². The summed E-state index contributed by atoms with van der Waals surface area (Å²) < 4.78 is 64.3. The van der Waals surface area contributed by atoms with Crippen molar-refractivity contribution in [1.29, 1.82) is 0 Å². The maximum atomic E-state index is 12.6. The molecule has 0 aromatic heterocycles. The van der Waals surface area contributed by atoms with Gasteiger partial charge in [-0.05, 0) is 37.0 Å². The van der Waals surface area contributed by atoms with E-state index >= 15 is 0 Å². The summed E-state index contributed by atoms with van der Waals surface area (Å²) in [4.78, 5) is 11.4. The second-order valence-electron chi connectivity index (χ2n) is 5.86. The lowest BCUT2D eigenvalue weighted by Crippen LogP contribution is -2.24. The molecular weight excluding hydrogens is 401 g/mol. The van der Waals surface area contributed by atoms with Crippen molar-refractivity contribution in [2.24, 2.45) is 0 Å². The molecule has 0 bridgehead atoms. The molecule has 0 aliphatic carbocycles. The smallest absolute Gasteiger partial charge is 0.295 e. The fourth-order valence-corrected chi connectivity index (χ4v) is 3.93. The van der Waals surface area contributed by atoms with E-state index in [1.54, 1.807) is 30.3 Å². The van der Waals surface area contributed by atoms with Crippen LogP contribution in [0.5, 0.6) is 0 Å². The van der Waals surface area contributed by atoms with Gasteiger partial charge in [-0.1, -0.05) is 48.5 Å². The topological polar surface area (TPSA) is 60.4 Å². The summed E-state index contributed by atoms with van der Waals surface area (Å²) in [6.45, 7) is 3.25. The van der Waals surface area contributed by atoms with E-state index in [-0.39, 0.29) is 24.2 Å². The first kappa shape index (κ1) is 21.5. The summed E-state index contributed by atoms with van der Waals surface area (Å²) in [6.07, 6.45) is 0.254. The standard InChI is InChI=1S/C18H17F3O4S2/c1-12-5-3-4-6-16(12)11-17(26-25-27(23,24)18(19,20)21)15-9-7-14(8-10-15)13(2)22/h3-10,17H,11H2,1-2H3. The maximum Gasteiger partial charge on any atom is 0.524 e. The van der Waals surface area contributed by atoms with Gasteiger partial charge in [-0.25, -0.2) is 0 Å². The summed E-state index contributed by atoms with van der Waals surface area (Å²) in [5, 5.41) is -0.718. The van der Waals surface area contributed by atoms with Gasteiger partial charge in [0, 0.05) is 17.6 Å². The molecule has 0 N–H and O–H groups in total. The first-order chi connectivity index (χ1) is 12.5. The molecule has 9 heteroatoms. The SMILES string of the molecule is CC(=O)c1ccc(C(Cc2ccccc2C)SOS(=O)(=O)C(F)(F)F)cc1. The Labute approximate surface area is 160 Å².